The van der Waals surface area contributed by atoms with Crippen molar-refractivity contribution in [2.45, 2.75) is 174 Å². The minimum Gasteiger partial charge on any atom is -0.455 e. The van der Waals surface area contributed by atoms with Gasteiger partial charge in [0, 0.05) is 18.8 Å². The molecule has 0 radical (unpaired) electrons. The summed E-state index contributed by atoms with van der Waals surface area (Å²) >= 11 is 0. The Kier molecular flexibility index (Phi) is 28.0. The first-order valence-electron chi connectivity index (χ1n) is 18.0. The van der Waals surface area contributed by atoms with Gasteiger partial charge in [0.1, 0.15) is 6.10 Å². The number of unbranched alkanes of at least 4 members (excludes halogenated alkanes) is 17. The Hall–Kier alpha value is -0.950. The van der Waals surface area contributed by atoms with Gasteiger partial charge in [0.15, 0.2) is 0 Å². The molecule has 0 spiro atoms. The molecular formula is C36H68O6. The lowest BCUT2D eigenvalue weighted by molar-refractivity contribution is -0.139. The van der Waals surface area contributed by atoms with Crippen LogP contribution in [-0.2, 0) is 23.7 Å². The molecule has 0 aromatic rings. The van der Waals surface area contributed by atoms with Crippen molar-refractivity contribution in [2.75, 3.05) is 39.6 Å². The molecule has 0 aromatic carbocycles. The van der Waals surface area contributed by atoms with Gasteiger partial charge in [-0.2, -0.15) is 0 Å². The largest absolute Gasteiger partial charge is 0.455 e. The van der Waals surface area contributed by atoms with Crippen molar-refractivity contribution in [2.24, 2.45) is 0 Å². The van der Waals surface area contributed by atoms with Crippen LogP contribution >= 0.6 is 0 Å². The zero-order valence-corrected chi connectivity index (χ0v) is 27.7. The van der Waals surface area contributed by atoms with Gasteiger partial charge in [-0.15, -0.1) is 0 Å². The molecular weight excluding hydrogens is 528 g/mol. The minimum absolute atomic E-state index is 0.0501. The second-order valence-corrected chi connectivity index (χ2v) is 12.3. The summed E-state index contributed by atoms with van der Waals surface area (Å²) in [6, 6.07) is 0. The summed E-state index contributed by atoms with van der Waals surface area (Å²) in [5.41, 5.74) is 0.859. The standard InChI is InChI=1S/C36H68O6/c1-3-4-5-6-7-8-9-10-14-17-21-26-39-28-30-41-31-29-40-27-22-20-25-35(37)24-19-16-13-11-12-15-18-23-34-32-33(2)42-36(34)38/h32-33,35,37H,3-31H2,1-2H3/t33-,35?/m0/s1. The van der Waals surface area contributed by atoms with Crippen LogP contribution in [0.2, 0.25) is 0 Å². The number of aliphatic hydroxyl groups excluding tert-OH is 1. The summed E-state index contributed by atoms with van der Waals surface area (Å²) < 4.78 is 22.1. The van der Waals surface area contributed by atoms with E-state index in [2.05, 4.69) is 6.92 Å². The third-order valence-corrected chi connectivity index (χ3v) is 8.19. The molecule has 0 amide bonds. The van der Waals surface area contributed by atoms with Gasteiger partial charge >= 0.3 is 5.97 Å². The smallest absolute Gasteiger partial charge is 0.334 e. The number of cyclic esters (lactones) is 1. The van der Waals surface area contributed by atoms with Crippen LogP contribution in [0.3, 0.4) is 0 Å². The molecule has 0 saturated carbocycles. The first-order chi connectivity index (χ1) is 20.6. The van der Waals surface area contributed by atoms with E-state index >= 15 is 0 Å². The Labute approximate surface area is 259 Å². The molecule has 0 aromatic heterocycles. The molecule has 1 aliphatic heterocycles. The van der Waals surface area contributed by atoms with Crippen LogP contribution in [0.15, 0.2) is 11.6 Å². The molecule has 1 unspecified atom stereocenters. The van der Waals surface area contributed by atoms with Crippen molar-refractivity contribution in [1.82, 2.24) is 0 Å². The molecule has 0 aliphatic carbocycles. The van der Waals surface area contributed by atoms with Gasteiger partial charge in [-0.25, -0.2) is 4.79 Å². The Morgan fingerprint density at radius 3 is 1.52 bits per heavy atom. The zero-order valence-electron chi connectivity index (χ0n) is 27.7. The lowest BCUT2D eigenvalue weighted by Crippen LogP contribution is -2.11. The van der Waals surface area contributed by atoms with E-state index < -0.39 is 0 Å². The molecule has 248 valence electrons. The number of aliphatic hydroxyl groups is 1. The molecule has 0 saturated heterocycles. The summed E-state index contributed by atoms with van der Waals surface area (Å²) in [7, 11) is 0. The fourth-order valence-corrected chi connectivity index (χ4v) is 5.53. The van der Waals surface area contributed by atoms with Crippen LogP contribution in [0.5, 0.6) is 0 Å². The van der Waals surface area contributed by atoms with E-state index in [-0.39, 0.29) is 18.2 Å². The van der Waals surface area contributed by atoms with Crippen molar-refractivity contribution < 1.29 is 28.8 Å². The maximum atomic E-state index is 11.6. The first kappa shape index (κ1) is 39.1. The predicted octanol–water partition coefficient (Wildman–Crippen LogP) is 9.26. The second-order valence-electron chi connectivity index (χ2n) is 12.3. The van der Waals surface area contributed by atoms with E-state index in [0.29, 0.717) is 26.4 Å². The van der Waals surface area contributed by atoms with Gasteiger partial charge in [0.2, 0.25) is 0 Å². The van der Waals surface area contributed by atoms with E-state index in [4.69, 9.17) is 18.9 Å². The zero-order chi connectivity index (χ0) is 30.4. The quantitative estimate of drug-likeness (QED) is 0.0601. The third-order valence-electron chi connectivity index (χ3n) is 8.19. The van der Waals surface area contributed by atoms with Gasteiger partial charge in [0.25, 0.3) is 0 Å². The van der Waals surface area contributed by atoms with Crippen molar-refractivity contribution in [3.63, 3.8) is 0 Å². The summed E-state index contributed by atoms with van der Waals surface area (Å²) in [5.74, 6) is -0.125. The van der Waals surface area contributed by atoms with E-state index in [9.17, 15) is 9.90 Å². The van der Waals surface area contributed by atoms with Gasteiger partial charge in [0.05, 0.1) is 32.5 Å². The highest BCUT2D eigenvalue weighted by molar-refractivity contribution is 5.90. The maximum absolute atomic E-state index is 11.6. The van der Waals surface area contributed by atoms with Crippen LogP contribution in [0.4, 0.5) is 0 Å². The van der Waals surface area contributed by atoms with E-state index in [1.807, 2.05) is 13.0 Å². The van der Waals surface area contributed by atoms with Crippen LogP contribution < -0.4 is 0 Å². The molecule has 0 bridgehead atoms. The minimum atomic E-state index is -0.180. The predicted molar refractivity (Wildman–Crippen MR) is 174 cm³/mol. The van der Waals surface area contributed by atoms with Crippen LogP contribution in [-0.4, -0.2) is 62.9 Å². The van der Waals surface area contributed by atoms with E-state index in [1.54, 1.807) is 0 Å². The fraction of sp³-hybridized carbons (Fsp3) is 0.917. The van der Waals surface area contributed by atoms with Crippen molar-refractivity contribution in [1.29, 1.82) is 0 Å². The SMILES string of the molecule is CCCCCCCCCCCCCOCCOCCOCCCCC(O)CCCCCCCCCC1=C[C@H](C)OC1=O. The normalized spacial score (nSPS) is 15.7. The number of esters is 1. The van der Waals surface area contributed by atoms with Crippen LogP contribution in [0, 0.1) is 0 Å². The number of hydrogen-bond donors (Lipinski definition) is 1. The maximum Gasteiger partial charge on any atom is 0.334 e. The summed E-state index contributed by atoms with van der Waals surface area (Å²) in [6.45, 7) is 8.34. The average Bonchev–Trinajstić information content (AvgIpc) is 3.30. The third kappa shape index (κ3) is 25.5. The number of carbonyl (C=O) groups is 1. The molecule has 1 aliphatic rings. The number of carbonyl (C=O) groups excluding carboxylic acids is 1. The second kappa shape index (κ2) is 30.1. The average molecular weight is 597 g/mol. The van der Waals surface area contributed by atoms with Gasteiger partial charge in [-0.05, 0) is 57.9 Å². The molecule has 1 N–H and O–H groups in total. The van der Waals surface area contributed by atoms with Crippen LogP contribution in [0.1, 0.15) is 162 Å². The molecule has 42 heavy (non-hydrogen) atoms. The van der Waals surface area contributed by atoms with Gasteiger partial charge in [-0.1, -0.05) is 110 Å². The Morgan fingerprint density at radius 1 is 0.619 bits per heavy atom. The number of rotatable bonds is 33. The lowest BCUT2D eigenvalue weighted by Gasteiger charge is -2.10. The summed E-state index contributed by atoms with van der Waals surface area (Å²) in [6.07, 6.45) is 29.6. The summed E-state index contributed by atoms with van der Waals surface area (Å²) in [5, 5.41) is 10.2. The van der Waals surface area contributed by atoms with Gasteiger partial charge < -0.3 is 24.1 Å². The topological polar surface area (TPSA) is 74.2 Å². The Balaban J connectivity index is 1.69. The lowest BCUT2D eigenvalue weighted by atomic mass is 10.0. The molecule has 1 rings (SSSR count). The van der Waals surface area contributed by atoms with Crippen molar-refractivity contribution >= 4 is 5.97 Å². The van der Waals surface area contributed by atoms with Gasteiger partial charge in [-0.3, -0.25) is 0 Å². The molecule has 6 nitrogen and oxygen atoms in total. The van der Waals surface area contributed by atoms with Crippen molar-refractivity contribution in [3.8, 4) is 0 Å². The monoisotopic (exact) mass is 597 g/mol. The molecule has 1 heterocycles. The number of hydrogen-bond acceptors (Lipinski definition) is 6. The highest BCUT2D eigenvalue weighted by Gasteiger charge is 2.21. The summed E-state index contributed by atoms with van der Waals surface area (Å²) in [4.78, 5) is 11.6. The Morgan fingerprint density at radius 2 is 1.02 bits per heavy atom. The van der Waals surface area contributed by atoms with Crippen LogP contribution in [0.25, 0.3) is 0 Å². The van der Waals surface area contributed by atoms with Crippen molar-refractivity contribution in [3.05, 3.63) is 11.6 Å². The number of ether oxygens (including phenoxy) is 4. The molecule has 6 heteroatoms. The molecule has 0 fully saturated rings. The van der Waals surface area contributed by atoms with E-state index in [1.165, 1.54) is 96.3 Å². The highest BCUT2D eigenvalue weighted by atomic mass is 16.5. The molecule has 2 atom stereocenters. The highest BCUT2D eigenvalue weighted by Crippen LogP contribution is 2.20. The fourth-order valence-electron chi connectivity index (χ4n) is 5.53. The first-order valence-corrected chi connectivity index (χ1v) is 18.0. The Bertz CT molecular complexity index is 622. The van der Waals surface area contributed by atoms with E-state index in [0.717, 1.165) is 70.2 Å².